The summed E-state index contributed by atoms with van der Waals surface area (Å²) in [4.78, 5) is 9.00. The minimum atomic E-state index is 0.314. The molecule has 5 nitrogen and oxygen atoms in total. The quantitative estimate of drug-likeness (QED) is 0.118. The van der Waals surface area contributed by atoms with E-state index in [1.165, 1.54) is 28.0 Å². The van der Waals surface area contributed by atoms with E-state index in [4.69, 9.17) is 4.42 Å². The smallest absolute Gasteiger partial charge is 0.265 e. The lowest BCUT2D eigenvalue weighted by Gasteiger charge is -2.15. The summed E-state index contributed by atoms with van der Waals surface area (Å²) in [5.74, 6) is 8.21. The van der Waals surface area contributed by atoms with Gasteiger partial charge in [0, 0.05) is 33.9 Å². The molecule has 6 rings (SSSR count). The van der Waals surface area contributed by atoms with Gasteiger partial charge in [-0.05, 0) is 83.4 Å². The van der Waals surface area contributed by atoms with Gasteiger partial charge in [0.1, 0.15) is 0 Å². The highest BCUT2D eigenvalue weighted by atomic mass is 16.3. The predicted octanol–water partition coefficient (Wildman–Crippen LogP) is 9.39. The number of allylic oxidation sites excluding steroid dienone is 5. The van der Waals surface area contributed by atoms with Crippen LogP contribution in [0, 0.1) is 31.6 Å². The number of hydrogen-bond donors (Lipinski definition) is 0. The van der Waals surface area contributed by atoms with E-state index >= 15 is 0 Å². The fourth-order valence-corrected chi connectivity index (χ4v) is 6.05. The van der Waals surface area contributed by atoms with Crippen molar-refractivity contribution in [2.75, 3.05) is 0 Å². The molecule has 2 aromatic carbocycles. The molecule has 224 valence electrons. The van der Waals surface area contributed by atoms with Crippen molar-refractivity contribution in [3.05, 3.63) is 102 Å². The van der Waals surface area contributed by atoms with Gasteiger partial charge in [0.2, 0.25) is 5.71 Å². The third-order valence-electron chi connectivity index (χ3n) is 8.47. The van der Waals surface area contributed by atoms with Crippen LogP contribution in [0.1, 0.15) is 70.5 Å². The summed E-state index contributed by atoms with van der Waals surface area (Å²) in [6.07, 6.45) is 12.2. The van der Waals surface area contributed by atoms with Crippen molar-refractivity contribution in [2.45, 2.75) is 67.2 Å². The number of aromatic nitrogens is 3. The highest BCUT2D eigenvalue weighted by Crippen LogP contribution is 2.37. The summed E-state index contributed by atoms with van der Waals surface area (Å²) in [7, 11) is 2.17. The van der Waals surface area contributed by atoms with Crippen LogP contribution in [0.25, 0.3) is 38.8 Å². The standard InChI is InChI=1S/C25H26N3O.C14H17N/c1-6-15(2)25-27(5)20-9-7-8-10-21(20)28(25)22-16(3)11-13-18-19-14-12-17(4)26-24(19)29-23(18)22;1-4-8-13-9-6-7-10-14(13)12(3)15-11-5-2/h7-15H,6H2,1-5H3;5-7,10-11,13H,9H2,1-3H3/q+1;/b;11-5-,15-12?. The van der Waals surface area contributed by atoms with Crippen molar-refractivity contribution in [3.63, 3.8) is 0 Å². The van der Waals surface area contributed by atoms with Crippen molar-refractivity contribution in [3.8, 4) is 17.5 Å². The first-order chi connectivity index (χ1) is 21.3. The van der Waals surface area contributed by atoms with E-state index in [2.05, 4.69) is 119 Å². The van der Waals surface area contributed by atoms with Gasteiger partial charge in [0.25, 0.3) is 5.82 Å². The van der Waals surface area contributed by atoms with Crippen molar-refractivity contribution >= 4 is 38.8 Å². The number of benzene rings is 2. The molecule has 2 unspecified atom stereocenters. The molecule has 0 fully saturated rings. The third kappa shape index (κ3) is 5.77. The molecule has 0 aliphatic heterocycles. The number of nitrogens with zero attached hydrogens (tertiary/aromatic N) is 4. The lowest BCUT2D eigenvalue weighted by Crippen LogP contribution is -2.34. The molecule has 1 aliphatic carbocycles. The number of furan rings is 1. The molecule has 0 saturated heterocycles. The van der Waals surface area contributed by atoms with Crippen LogP contribution < -0.4 is 4.57 Å². The first kappa shape index (κ1) is 30.8. The first-order valence-electron chi connectivity index (χ1n) is 15.5. The monoisotopic (exact) mass is 583 g/mol. The number of para-hydroxylation sites is 2. The number of pyridine rings is 1. The second kappa shape index (κ2) is 13.3. The van der Waals surface area contributed by atoms with E-state index in [0.29, 0.717) is 17.5 Å². The van der Waals surface area contributed by atoms with Gasteiger partial charge in [-0.25, -0.2) is 9.55 Å². The van der Waals surface area contributed by atoms with Crippen LogP contribution in [0.15, 0.2) is 94.0 Å². The Morgan fingerprint density at radius 3 is 2.68 bits per heavy atom. The summed E-state index contributed by atoms with van der Waals surface area (Å²) in [6.45, 7) is 14.6. The zero-order chi connectivity index (χ0) is 31.4. The van der Waals surface area contributed by atoms with E-state index in [1.54, 1.807) is 0 Å². The molecule has 5 heteroatoms. The van der Waals surface area contributed by atoms with E-state index < -0.39 is 0 Å². The molecule has 0 radical (unpaired) electrons. The van der Waals surface area contributed by atoms with E-state index in [-0.39, 0.29) is 0 Å². The Kier molecular flexibility index (Phi) is 9.30. The molecular weight excluding hydrogens is 540 g/mol. The lowest BCUT2D eigenvalue weighted by atomic mass is 9.89. The number of rotatable bonds is 5. The molecule has 1 aliphatic rings. The minimum Gasteiger partial charge on any atom is -0.433 e. The van der Waals surface area contributed by atoms with Crippen LogP contribution in [-0.2, 0) is 7.05 Å². The zero-order valence-electron chi connectivity index (χ0n) is 27.3. The Bertz CT molecular complexity index is 2020. The Hall–Kier alpha value is -4.69. The second-order valence-corrected chi connectivity index (χ2v) is 11.5. The molecule has 0 spiro atoms. The van der Waals surface area contributed by atoms with E-state index in [1.807, 2.05) is 46.0 Å². The van der Waals surface area contributed by atoms with Gasteiger partial charge in [-0.2, -0.15) is 4.57 Å². The Morgan fingerprint density at radius 1 is 1.16 bits per heavy atom. The second-order valence-electron chi connectivity index (χ2n) is 11.5. The average Bonchev–Trinajstić information content (AvgIpc) is 3.54. The van der Waals surface area contributed by atoms with Gasteiger partial charge in [-0.1, -0.05) is 62.3 Å². The molecule has 0 bridgehead atoms. The molecule has 5 aromatic rings. The molecule has 0 amide bonds. The van der Waals surface area contributed by atoms with E-state index in [0.717, 1.165) is 46.3 Å². The average molecular weight is 584 g/mol. The minimum absolute atomic E-state index is 0.314. The lowest BCUT2D eigenvalue weighted by molar-refractivity contribution is -0.655. The molecule has 3 heterocycles. The summed E-state index contributed by atoms with van der Waals surface area (Å²) in [5.41, 5.74) is 9.61. The SMILES string of the molecule is CC#CC1CC=CC=C1C(C)=N/C=C\C.CCC(C)c1n(-c2c(C)ccc3c2oc2nc(C)ccc23)c2ccccc2[n+]1C. The maximum atomic E-state index is 6.39. The van der Waals surface area contributed by atoms with Crippen molar-refractivity contribution < 1.29 is 8.98 Å². The molecule has 3 aromatic heterocycles. The predicted molar refractivity (Wildman–Crippen MR) is 184 cm³/mol. The van der Waals surface area contributed by atoms with Gasteiger partial charge in [-0.15, -0.1) is 5.92 Å². The Morgan fingerprint density at radius 2 is 1.93 bits per heavy atom. The zero-order valence-corrected chi connectivity index (χ0v) is 27.3. The van der Waals surface area contributed by atoms with Gasteiger partial charge in [-0.3, -0.25) is 4.99 Å². The van der Waals surface area contributed by atoms with Gasteiger partial charge >= 0.3 is 0 Å². The number of fused-ring (bicyclic) bond motifs is 4. The molecule has 2 atom stereocenters. The van der Waals surface area contributed by atoms with Crippen molar-refractivity contribution in [2.24, 2.45) is 18.0 Å². The van der Waals surface area contributed by atoms with Gasteiger partial charge < -0.3 is 4.42 Å². The fraction of sp³-hybridized carbons (Fsp3) is 0.308. The van der Waals surface area contributed by atoms with Crippen molar-refractivity contribution in [1.29, 1.82) is 0 Å². The van der Waals surface area contributed by atoms with Crippen LogP contribution in [0.2, 0.25) is 0 Å². The number of imidazole rings is 1. The summed E-state index contributed by atoms with van der Waals surface area (Å²) in [5, 5.41) is 2.18. The van der Waals surface area contributed by atoms with Crippen LogP contribution >= 0.6 is 0 Å². The molecule has 0 saturated carbocycles. The highest BCUT2D eigenvalue weighted by molar-refractivity contribution is 6.07. The summed E-state index contributed by atoms with van der Waals surface area (Å²) >= 11 is 0. The Balaban J connectivity index is 0.000000217. The summed E-state index contributed by atoms with van der Waals surface area (Å²) < 4.78 is 11.1. The normalized spacial score (nSPS) is 15.8. The van der Waals surface area contributed by atoms with Gasteiger partial charge in [0.05, 0.1) is 18.9 Å². The van der Waals surface area contributed by atoms with Crippen LogP contribution in [-0.4, -0.2) is 15.3 Å². The van der Waals surface area contributed by atoms with Crippen molar-refractivity contribution in [1.82, 2.24) is 9.55 Å². The number of aliphatic imine (C=N–C) groups is 1. The molecule has 44 heavy (non-hydrogen) atoms. The summed E-state index contributed by atoms with van der Waals surface area (Å²) in [6, 6.07) is 17.1. The van der Waals surface area contributed by atoms with E-state index in [9.17, 15) is 0 Å². The number of hydrogen-bond acceptors (Lipinski definition) is 3. The third-order valence-corrected chi connectivity index (χ3v) is 8.47. The molecule has 0 N–H and O–H groups in total. The maximum Gasteiger partial charge on any atom is 0.265 e. The Labute approximate surface area is 261 Å². The number of aryl methyl sites for hydroxylation is 3. The highest BCUT2D eigenvalue weighted by Gasteiger charge is 2.31. The van der Waals surface area contributed by atoms with Crippen LogP contribution in [0.5, 0.6) is 0 Å². The molecular formula is C39H43N4O+. The fourth-order valence-electron chi connectivity index (χ4n) is 6.05. The maximum absolute atomic E-state index is 6.39. The van der Waals surface area contributed by atoms with Crippen LogP contribution in [0.4, 0.5) is 0 Å². The van der Waals surface area contributed by atoms with Gasteiger partial charge in [0.15, 0.2) is 22.3 Å². The van der Waals surface area contributed by atoms with Crippen LogP contribution in [0.3, 0.4) is 0 Å². The first-order valence-corrected chi connectivity index (χ1v) is 15.5. The largest absolute Gasteiger partial charge is 0.433 e. The topological polar surface area (TPSA) is 47.2 Å².